The molecule has 0 saturated carbocycles. The van der Waals surface area contributed by atoms with Crippen LogP contribution < -0.4 is 14.5 Å². The van der Waals surface area contributed by atoms with Crippen molar-refractivity contribution in [1.82, 2.24) is 0 Å². The number of rotatable bonds is 5. The molecule has 0 radical (unpaired) electrons. The number of amides is 3. The fraction of sp³-hybridized carbons (Fsp3) is 0.308. The number of benzene rings is 2. The number of nitro benzene ring substituents is 1. The smallest absolute Gasteiger partial charge is 0.316 e. The van der Waals surface area contributed by atoms with Gasteiger partial charge in [0.15, 0.2) is 0 Å². The molecule has 184 valence electrons. The maximum absolute atomic E-state index is 12.9. The fourth-order valence-corrected chi connectivity index (χ4v) is 5.02. The summed E-state index contributed by atoms with van der Waals surface area (Å²) >= 11 is 0. The second-order valence-corrected chi connectivity index (χ2v) is 9.22. The highest BCUT2D eigenvalue weighted by Crippen LogP contribution is 2.38. The average molecular weight is 489 g/mol. The predicted molar refractivity (Wildman–Crippen MR) is 128 cm³/mol. The third-order valence-electron chi connectivity index (χ3n) is 6.96. The summed E-state index contributed by atoms with van der Waals surface area (Å²) in [5.74, 6) is -2.86. The normalized spacial score (nSPS) is 23.2. The molecule has 2 aromatic rings. The minimum Gasteiger partial charge on any atom is -0.426 e. The summed E-state index contributed by atoms with van der Waals surface area (Å²) in [6, 6.07) is 10.7. The SMILES string of the molecule is Cc1ccc(N2C[C@H](C(=O)Oc3cccc(N4C(=O)[C@H]5CC=CC[C@@H]5C4=O)c3)CC2=O)cc1[N+](=O)[O-]. The molecule has 10 heteroatoms. The van der Waals surface area contributed by atoms with E-state index in [0.29, 0.717) is 29.8 Å². The van der Waals surface area contributed by atoms with Gasteiger partial charge in [0.2, 0.25) is 17.7 Å². The lowest BCUT2D eigenvalue weighted by Gasteiger charge is -2.17. The zero-order valence-electron chi connectivity index (χ0n) is 19.5. The number of anilines is 2. The molecule has 2 fully saturated rings. The minimum absolute atomic E-state index is 0.0248. The van der Waals surface area contributed by atoms with Crippen LogP contribution >= 0.6 is 0 Å². The molecule has 2 saturated heterocycles. The molecule has 3 amide bonds. The summed E-state index contributed by atoms with van der Waals surface area (Å²) in [7, 11) is 0. The standard InChI is InChI=1S/C26H23N3O7/c1-15-9-10-17(13-22(15)29(34)35)27-14-16(11-23(27)30)26(33)36-19-6-4-5-18(12-19)28-24(31)20-7-2-3-8-21(20)25(28)32/h2-6,9-10,12-13,16,20-21H,7-8,11,14H2,1H3/t16-,20+,21+/m1/s1. The molecule has 0 aromatic heterocycles. The van der Waals surface area contributed by atoms with Gasteiger partial charge in [0.05, 0.1) is 34.1 Å². The Morgan fingerprint density at radius 1 is 1.00 bits per heavy atom. The fourth-order valence-electron chi connectivity index (χ4n) is 5.02. The molecule has 0 spiro atoms. The van der Waals surface area contributed by atoms with Gasteiger partial charge in [-0.1, -0.05) is 24.3 Å². The first-order chi connectivity index (χ1) is 17.2. The molecule has 3 aliphatic rings. The van der Waals surface area contributed by atoms with Crippen LogP contribution in [0.1, 0.15) is 24.8 Å². The quantitative estimate of drug-likeness (QED) is 0.157. The van der Waals surface area contributed by atoms with Crippen molar-refractivity contribution >= 4 is 40.8 Å². The Morgan fingerprint density at radius 3 is 2.36 bits per heavy atom. The molecular formula is C26H23N3O7. The van der Waals surface area contributed by atoms with E-state index in [4.69, 9.17) is 4.74 Å². The highest BCUT2D eigenvalue weighted by atomic mass is 16.6. The van der Waals surface area contributed by atoms with Crippen molar-refractivity contribution in [2.45, 2.75) is 26.2 Å². The van der Waals surface area contributed by atoms with E-state index in [1.54, 1.807) is 37.3 Å². The average Bonchev–Trinajstić information content (AvgIpc) is 3.37. The molecule has 0 N–H and O–H groups in total. The van der Waals surface area contributed by atoms with Gasteiger partial charge in [-0.2, -0.15) is 0 Å². The first kappa shape index (κ1) is 23.4. The maximum Gasteiger partial charge on any atom is 0.316 e. The molecule has 1 aliphatic carbocycles. The summed E-state index contributed by atoms with van der Waals surface area (Å²) in [4.78, 5) is 64.4. The molecule has 36 heavy (non-hydrogen) atoms. The van der Waals surface area contributed by atoms with Crippen molar-refractivity contribution < 1.29 is 28.8 Å². The predicted octanol–water partition coefficient (Wildman–Crippen LogP) is 3.32. The summed E-state index contributed by atoms with van der Waals surface area (Å²) in [6.45, 7) is 1.63. The van der Waals surface area contributed by atoms with E-state index in [1.165, 1.54) is 17.0 Å². The first-order valence-electron chi connectivity index (χ1n) is 11.6. The van der Waals surface area contributed by atoms with E-state index in [-0.39, 0.29) is 54.0 Å². The summed E-state index contributed by atoms with van der Waals surface area (Å²) in [5.41, 5.74) is 1.04. The third-order valence-corrected chi connectivity index (χ3v) is 6.96. The Hall–Kier alpha value is -4.34. The van der Waals surface area contributed by atoms with Crippen LogP contribution in [0.15, 0.2) is 54.6 Å². The van der Waals surface area contributed by atoms with Crippen LogP contribution in [0, 0.1) is 34.8 Å². The largest absolute Gasteiger partial charge is 0.426 e. The Labute approximate surface area is 206 Å². The highest BCUT2D eigenvalue weighted by Gasteiger charge is 2.48. The molecule has 5 rings (SSSR count). The van der Waals surface area contributed by atoms with Crippen LogP contribution in [-0.4, -0.2) is 35.2 Å². The molecule has 0 bridgehead atoms. The van der Waals surface area contributed by atoms with Crippen LogP contribution in [0.5, 0.6) is 5.75 Å². The third kappa shape index (κ3) is 4.04. The van der Waals surface area contributed by atoms with Crippen molar-refractivity contribution in [2.75, 3.05) is 16.3 Å². The van der Waals surface area contributed by atoms with Crippen LogP contribution in [0.4, 0.5) is 17.1 Å². The molecule has 2 aromatic carbocycles. The lowest BCUT2D eigenvalue weighted by molar-refractivity contribution is -0.385. The van der Waals surface area contributed by atoms with E-state index in [2.05, 4.69) is 0 Å². The number of ether oxygens (including phenoxy) is 1. The number of fused-ring (bicyclic) bond motifs is 1. The Morgan fingerprint density at radius 2 is 1.69 bits per heavy atom. The van der Waals surface area contributed by atoms with Crippen LogP contribution in [0.3, 0.4) is 0 Å². The van der Waals surface area contributed by atoms with E-state index in [9.17, 15) is 29.3 Å². The second kappa shape index (κ2) is 9.03. The highest BCUT2D eigenvalue weighted by molar-refractivity contribution is 6.22. The number of carbonyl (C=O) groups excluding carboxylic acids is 4. The number of hydrogen-bond acceptors (Lipinski definition) is 7. The number of esters is 1. The van der Waals surface area contributed by atoms with Crippen molar-refractivity contribution in [3.63, 3.8) is 0 Å². The maximum atomic E-state index is 12.9. The molecule has 10 nitrogen and oxygen atoms in total. The monoisotopic (exact) mass is 489 g/mol. The van der Waals surface area contributed by atoms with Crippen molar-refractivity contribution in [3.8, 4) is 5.75 Å². The zero-order valence-corrected chi connectivity index (χ0v) is 19.5. The van der Waals surface area contributed by atoms with E-state index in [0.717, 1.165) is 4.90 Å². The van der Waals surface area contributed by atoms with E-state index < -0.39 is 16.8 Å². The molecule has 0 unspecified atom stereocenters. The van der Waals surface area contributed by atoms with Crippen LogP contribution in [0.25, 0.3) is 0 Å². The summed E-state index contributed by atoms with van der Waals surface area (Å²) in [5, 5.41) is 11.3. The van der Waals surface area contributed by atoms with Gasteiger partial charge in [0, 0.05) is 30.7 Å². The van der Waals surface area contributed by atoms with Gasteiger partial charge in [0.1, 0.15) is 5.75 Å². The van der Waals surface area contributed by atoms with E-state index >= 15 is 0 Å². The van der Waals surface area contributed by atoms with Gasteiger partial charge in [0.25, 0.3) is 5.69 Å². The van der Waals surface area contributed by atoms with Crippen molar-refractivity contribution in [3.05, 3.63) is 70.3 Å². The van der Waals surface area contributed by atoms with Gasteiger partial charge in [-0.15, -0.1) is 0 Å². The molecular weight excluding hydrogens is 466 g/mol. The van der Waals surface area contributed by atoms with Crippen LogP contribution in [-0.2, 0) is 19.2 Å². The lowest BCUT2D eigenvalue weighted by atomic mass is 9.85. The molecule has 2 aliphatic heterocycles. The number of nitrogens with zero attached hydrogens (tertiary/aromatic N) is 3. The number of hydrogen-bond donors (Lipinski definition) is 0. The van der Waals surface area contributed by atoms with Gasteiger partial charge in [-0.3, -0.25) is 29.3 Å². The van der Waals surface area contributed by atoms with Gasteiger partial charge in [-0.05, 0) is 38.0 Å². The Balaban J connectivity index is 1.29. The number of aryl methyl sites for hydroxylation is 1. The van der Waals surface area contributed by atoms with Crippen molar-refractivity contribution in [2.24, 2.45) is 17.8 Å². The van der Waals surface area contributed by atoms with E-state index in [1.807, 2.05) is 12.2 Å². The number of nitro groups is 1. The van der Waals surface area contributed by atoms with Crippen molar-refractivity contribution in [1.29, 1.82) is 0 Å². The molecule has 3 atom stereocenters. The Bertz CT molecular complexity index is 1310. The first-order valence-corrected chi connectivity index (χ1v) is 11.6. The number of carbonyl (C=O) groups is 4. The minimum atomic E-state index is -0.773. The van der Waals surface area contributed by atoms with Gasteiger partial charge >= 0.3 is 5.97 Å². The summed E-state index contributed by atoms with van der Waals surface area (Å²) in [6.07, 6.45) is 4.78. The van der Waals surface area contributed by atoms with Gasteiger partial charge < -0.3 is 9.64 Å². The lowest BCUT2D eigenvalue weighted by Crippen LogP contribution is -2.31. The zero-order chi connectivity index (χ0) is 25.6. The topological polar surface area (TPSA) is 127 Å². The van der Waals surface area contributed by atoms with Gasteiger partial charge in [-0.25, -0.2) is 4.90 Å². The Kier molecular flexibility index (Phi) is 5.87. The number of imide groups is 1. The second-order valence-electron chi connectivity index (χ2n) is 9.22. The molecule has 2 heterocycles. The number of allylic oxidation sites excluding steroid dienone is 2. The van der Waals surface area contributed by atoms with Crippen LogP contribution in [0.2, 0.25) is 0 Å². The summed E-state index contributed by atoms with van der Waals surface area (Å²) < 4.78 is 5.51.